The van der Waals surface area contributed by atoms with Gasteiger partial charge in [0.2, 0.25) is 5.69 Å². The molecular formula is C17H21N5O3. The Morgan fingerprint density at radius 1 is 1.28 bits per heavy atom. The number of hydrogen-bond donors (Lipinski definition) is 1. The molecule has 1 saturated heterocycles. The molecular weight excluding hydrogens is 322 g/mol. The van der Waals surface area contributed by atoms with Crippen LogP contribution in [0.15, 0.2) is 34.2 Å². The number of nitrogens with one attached hydrogen (secondary N) is 1. The number of carbonyl (C=O) groups excluding carboxylic acids is 1. The number of rotatable bonds is 5. The van der Waals surface area contributed by atoms with Gasteiger partial charge in [0.05, 0.1) is 12.8 Å². The van der Waals surface area contributed by atoms with Crippen molar-refractivity contribution in [3.63, 3.8) is 0 Å². The second-order valence-electron chi connectivity index (χ2n) is 5.78. The number of hydrogen-bond acceptors (Lipinski definition) is 5. The first-order valence-corrected chi connectivity index (χ1v) is 8.43. The molecule has 0 atom stereocenters. The largest absolute Gasteiger partial charge is 0.494 e. The molecule has 0 radical (unpaired) electrons. The smallest absolute Gasteiger partial charge is 0.320 e. The standard InChI is InChI=1S/C17H21N5O3/c1-2-25-14-8-6-13(7-9-14)12-18-22-17(24)15(19-20-22)16(23)21-10-4-3-5-11-21/h6-9,12,20H,2-5,10-11H2,1H3. The Balaban J connectivity index is 1.72. The number of benzene rings is 1. The van der Waals surface area contributed by atoms with E-state index in [9.17, 15) is 9.59 Å². The van der Waals surface area contributed by atoms with E-state index in [2.05, 4.69) is 15.4 Å². The van der Waals surface area contributed by atoms with Crippen LogP contribution in [0, 0.1) is 0 Å². The molecule has 132 valence electrons. The van der Waals surface area contributed by atoms with Crippen LogP contribution >= 0.6 is 0 Å². The molecule has 2 aromatic rings. The Hall–Kier alpha value is -2.90. The normalized spacial score (nSPS) is 14.8. The second kappa shape index (κ2) is 7.78. The van der Waals surface area contributed by atoms with E-state index in [0.717, 1.165) is 35.4 Å². The van der Waals surface area contributed by atoms with Crippen LogP contribution in [0.3, 0.4) is 0 Å². The summed E-state index contributed by atoms with van der Waals surface area (Å²) in [6, 6.07) is 7.31. The maximum absolute atomic E-state index is 12.4. The Bertz CT molecular complexity index is 800. The molecule has 1 amide bonds. The third-order valence-corrected chi connectivity index (χ3v) is 4.01. The Morgan fingerprint density at radius 2 is 2.00 bits per heavy atom. The van der Waals surface area contributed by atoms with Crippen molar-refractivity contribution in [2.75, 3.05) is 19.7 Å². The molecule has 3 rings (SSSR count). The van der Waals surface area contributed by atoms with Crippen LogP contribution in [-0.2, 0) is 0 Å². The molecule has 1 aromatic heterocycles. The Labute approximate surface area is 145 Å². The van der Waals surface area contributed by atoms with Crippen LogP contribution in [0.25, 0.3) is 0 Å². The van der Waals surface area contributed by atoms with E-state index in [1.165, 1.54) is 6.21 Å². The lowest BCUT2D eigenvalue weighted by Crippen LogP contribution is -2.38. The highest BCUT2D eigenvalue weighted by Crippen LogP contribution is 2.11. The van der Waals surface area contributed by atoms with E-state index in [4.69, 9.17) is 4.74 Å². The van der Waals surface area contributed by atoms with Gasteiger partial charge >= 0.3 is 5.56 Å². The molecule has 1 aliphatic heterocycles. The lowest BCUT2D eigenvalue weighted by Gasteiger charge is -2.25. The lowest BCUT2D eigenvalue weighted by molar-refractivity contribution is 0.0717. The summed E-state index contributed by atoms with van der Waals surface area (Å²) in [6.45, 7) is 3.86. The predicted octanol–water partition coefficient (Wildman–Crippen LogP) is 1.48. The summed E-state index contributed by atoms with van der Waals surface area (Å²) in [5.41, 5.74) is 0.136. The maximum Gasteiger partial charge on any atom is 0.320 e. The number of ether oxygens (including phenoxy) is 1. The van der Waals surface area contributed by atoms with Crippen LogP contribution in [-0.4, -0.2) is 51.8 Å². The van der Waals surface area contributed by atoms with Crippen molar-refractivity contribution >= 4 is 12.1 Å². The number of likely N-dealkylation sites (tertiary alicyclic amines) is 1. The number of nitrogens with zero attached hydrogens (tertiary/aromatic N) is 4. The quantitative estimate of drug-likeness (QED) is 0.832. The van der Waals surface area contributed by atoms with Gasteiger partial charge in [-0.3, -0.25) is 9.59 Å². The van der Waals surface area contributed by atoms with Gasteiger partial charge in [-0.05, 0) is 56.0 Å². The molecule has 0 unspecified atom stereocenters. The van der Waals surface area contributed by atoms with Crippen LogP contribution in [0.4, 0.5) is 0 Å². The maximum atomic E-state index is 12.4. The second-order valence-corrected chi connectivity index (χ2v) is 5.78. The van der Waals surface area contributed by atoms with Gasteiger partial charge in [0.1, 0.15) is 5.75 Å². The Morgan fingerprint density at radius 3 is 2.68 bits per heavy atom. The zero-order valence-electron chi connectivity index (χ0n) is 14.1. The average molecular weight is 343 g/mol. The number of piperidine rings is 1. The monoisotopic (exact) mass is 343 g/mol. The minimum Gasteiger partial charge on any atom is -0.494 e. The third kappa shape index (κ3) is 3.96. The van der Waals surface area contributed by atoms with Gasteiger partial charge in [-0.15, -0.1) is 9.89 Å². The van der Waals surface area contributed by atoms with Crippen molar-refractivity contribution in [1.29, 1.82) is 0 Å². The summed E-state index contributed by atoms with van der Waals surface area (Å²) in [5.74, 6) is 0.434. The van der Waals surface area contributed by atoms with Crippen LogP contribution in [0.5, 0.6) is 5.75 Å². The van der Waals surface area contributed by atoms with Crippen molar-refractivity contribution in [1.82, 2.24) is 20.0 Å². The van der Waals surface area contributed by atoms with E-state index in [1.54, 1.807) is 4.90 Å². The van der Waals surface area contributed by atoms with Crippen LogP contribution in [0.1, 0.15) is 42.2 Å². The van der Waals surface area contributed by atoms with Gasteiger partial charge in [-0.2, -0.15) is 10.3 Å². The van der Waals surface area contributed by atoms with Gasteiger partial charge in [0, 0.05) is 13.1 Å². The van der Waals surface area contributed by atoms with E-state index in [1.807, 2.05) is 31.2 Å². The van der Waals surface area contributed by atoms with E-state index < -0.39 is 5.56 Å². The van der Waals surface area contributed by atoms with E-state index in [0.29, 0.717) is 19.7 Å². The molecule has 2 heterocycles. The molecule has 0 aliphatic carbocycles. The van der Waals surface area contributed by atoms with Gasteiger partial charge in [0.15, 0.2) is 0 Å². The van der Waals surface area contributed by atoms with Crippen LogP contribution < -0.4 is 10.3 Å². The lowest BCUT2D eigenvalue weighted by atomic mass is 10.1. The van der Waals surface area contributed by atoms with E-state index in [-0.39, 0.29) is 11.6 Å². The fraction of sp³-hybridized carbons (Fsp3) is 0.412. The highest BCUT2D eigenvalue weighted by molar-refractivity contribution is 5.92. The number of carbonyl (C=O) groups is 1. The molecule has 8 heteroatoms. The minimum absolute atomic E-state index is 0.120. The SMILES string of the molecule is CCOc1ccc(C=Nn2[nH]nc(C(=O)N3CCCCC3)c2=O)cc1. The first-order chi connectivity index (χ1) is 12.2. The molecule has 8 nitrogen and oxygen atoms in total. The fourth-order valence-corrected chi connectivity index (χ4v) is 2.70. The number of aromatic nitrogens is 3. The minimum atomic E-state index is -0.544. The van der Waals surface area contributed by atoms with Crippen molar-refractivity contribution < 1.29 is 9.53 Å². The topological polar surface area (TPSA) is 92.6 Å². The summed E-state index contributed by atoms with van der Waals surface area (Å²) in [4.78, 5) is 27.3. The van der Waals surface area contributed by atoms with Crippen molar-refractivity contribution in [2.24, 2.45) is 5.10 Å². The fourth-order valence-electron chi connectivity index (χ4n) is 2.70. The molecule has 0 spiro atoms. The van der Waals surface area contributed by atoms with Gasteiger partial charge in [-0.25, -0.2) is 0 Å². The molecule has 1 aromatic carbocycles. The summed E-state index contributed by atoms with van der Waals surface area (Å²) in [5, 5.41) is 10.4. The zero-order chi connectivity index (χ0) is 17.6. The first-order valence-electron chi connectivity index (χ1n) is 8.43. The zero-order valence-corrected chi connectivity index (χ0v) is 14.1. The highest BCUT2D eigenvalue weighted by Gasteiger charge is 2.24. The summed E-state index contributed by atoms with van der Waals surface area (Å²) in [6.07, 6.45) is 4.55. The molecule has 0 saturated carbocycles. The van der Waals surface area contributed by atoms with Crippen LogP contribution in [0.2, 0.25) is 0 Å². The van der Waals surface area contributed by atoms with Gasteiger partial charge in [0.25, 0.3) is 5.91 Å². The Kier molecular flexibility index (Phi) is 5.27. The predicted molar refractivity (Wildman–Crippen MR) is 93.2 cm³/mol. The molecule has 1 fully saturated rings. The molecule has 1 aliphatic rings. The summed E-state index contributed by atoms with van der Waals surface area (Å²) < 4.78 is 5.37. The number of H-pyrrole nitrogens is 1. The van der Waals surface area contributed by atoms with Crippen molar-refractivity contribution in [2.45, 2.75) is 26.2 Å². The highest BCUT2D eigenvalue weighted by atomic mass is 16.5. The van der Waals surface area contributed by atoms with Crippen molar-refractivity contribution in [3.05, 3.63) is 45.9 Å². The molecule has 1 N–H and O–H groups in total. The van der Waals surface area contributed by atoms with Gasteiger partial charge in [-0.1, -0.05) is 0 Å². The van der Waals surface area contributed by atoms with Crippen molar-refractivity contribution in [3.8, 4) is 5.75 Å². The first kappa shape index (κ1) is 16.9. The number of aromatic amines is 1. The molecule has 25 heavy (non-hydrogen) atoms. The molecule has 0 bridgehead atoms. The third-order valence-electron chi connectivity index (χ3n) is 4.01. The summed E-state index contributed by atoms with van der Waals surface area (Å²) in [7, 11) is 0. The number of amides is 1. The average Bonchev–Trinajstić information content (AvgIpc) is 3.02. The summed E-state index contributed by atoms with van der Waals surface area (Å²) >= 11 is 0. The van der Waals surface area contributed by atoms with E-state index >= 15 is 0 Å². The van der Waals surface area contributed by atoms with Gasteiger partial charge < -0.3 is 9.64 Å².